The lowest BCUT2D eigenvalue weighted by molar-refractivity contribution is 0.528. The molecule has 0 heterocycles. The van der Waals surface area contributed by atoms with Crippen molar-refractivity contribution in [3.05, 3.63) is 34.4 Å². The molecule has 0 aliphatic heterocycles. The highest BCUT2D eigenvalue weighted by molar-refractivity contribution is 5.37. The van der Waals surface area contributed by atoms with Crippen LogP contribution in [0.5, 0.6) is 0 Å². The van der Waals surface area contributed by atoms with Crippen LogP contribution in [0.3, 0.4) is 0 Å². The third kappa shape index (κ3) is 3.32. The Bertz CT molecular complexity index is 368. The second-order valence-electron chi connectivity index (χ2n) is 5.77. The van der Waals surface area contributed by atoms with Crippen molar-refractivity contribution in [2.75, 3.05) is 0 Å². The van der Waals surface area contributed by atoms with E-state index in [4.69, 9.17) is 5.73 Å². The highest BCUT2D eigenvalue weighted by Gasteiger charge is 2.27. The van der Waals surface area contributed by atoms with Crippen molar-refractivity contribution in [1.82, 2.24) is 0 Å². The minimum absolute atomic E-state index is 0.459. The van der Waals surface area contributed by atoms with Crippen LogP contribution >= 0.6 is 0 Å². The van der Waals surface area contributed by atoms with E-state index in [1.54, 1.807) is 5.56 Å². The number of hydrogen-bond donors (Lipinski definition) is 1. The quantitative estimate of drug-likeness (QED) is 0.822. The van der Waals surface area contributed by atoms with Crippen LogP contribution < -0.4 is 5.73 Å². The summed E-state index contributed by atoms with van der Waals surface area (Å²) in [5, 5.41) is 0. The predicted octanol–water partition coefficient (Wildman–Crippen LogP) is 3.67. The average Bonchev–Trinajstić information content (AvgIpc) is 3.04. The zero-order chi connectivity index (χ0) is 12.4. The Labute approximate surface area is 105 Å². The standard InChI is InChI=1S/C16H25N/c1-11-9-12(2)15(13(3)10-11)5-4-6-16(17)14-7-8-14/h9-10,14,16H,4-8,17H2,1-3H3. The molecule has 0 saturated heterocycles. The van der Waals surface area contributed by atoms with Gasteiger partial charge in [-0.3, -0.25) is 0 Å². The molecule has 2 rings (SSSR count). The van der Waals surface area contributed by atoms with E-state index in [1.165, 1.54) is 48.8 Å². The summed E-state index contributed by atoms with van der Waals surface area (Å²) in [7, 11) is 0. The monoisotopic (exact) mass is 231 g/mol. The number of benzene rings is 1. The van der Waals surface area contributed by atoms with Gasteiger partial charge in [-0.25, -0.2) is 0 Å². The fourth-order valence-corrected chi connectivity index (χ4v) is 2.88. The summed E-state index contributed by atoms with van der Waals surface area (Å²) in [6.07, 6.45) is 6.35. The molecule has 1 aromatic carbocycles. The maximum Gasteiger partial charge on any atom is 0.00672 e. The summed E-state index contributed by atoms with van der Waals surface area (Å²) in [6, 6.07) is 5.05. The number of aryl methyl sites for hydroxylation is 3. The van der Waals surface area contributed by atoms with E-state index in [0.717, 1.165) is 5.92 Å². The molecule has 1 fully saturated rings. The van der Waals surface area contributed by atoms with Crippen LogP contribution in [-0.2, 0) is 6.42 Å². The molecular formula is C16H25N. The van der Waals surface area contributed by atoms with E-state index in [9.17, 15) is 0 Å². The van der Waals surface area contributed by atoms with E-state index in [1.807, 2.05) is 0 Å². The van der Waals surface area contributed by atoms with Gasteiger partial charge in [-0.2, -0.15) is 0 Å². The molecule has 1 atom stereocenters. The van der Waals surface area contributed by atoms with Crippen LogP contribution in [0.2, 0.25) is 0 Å². The summed E-state index contributed by atoms with van der Waals surface area (Å²) in [5.74, 6) is 0.843. The highest BCUT2D eigenvalue weighted by Crippen LogP contribution is 2.33. The molecule has 0 aromatic heterocycles. The molecule has 1 unspecified atom stereocenters. The van der Waals surface area contributed by atoms with Gasteiger partial charge >= 0.3 is 0 Å². The summed E-state index contributed by atoms with van der Waals surface area (Å²) in [5.41, 5.74) is 12.0. The van der Waals surface area contributed by atoms with Crippen molar-refractivity contribution in [2.45, 2.75) is 58.9 Å². The molecule has 1 aromatic rings. The Morgan fingerprint density at radius 1 is 1.18 bits per heavy atom. The second-order valence-corrected chi connectivity index (χ2v) is 5.77. The van der Waals surface area contributed by atoms with Crippen LogP contribution in [0.15, 0.2) is 12.1 Å². The fourth-order valence-electron chi connectivity index (χ4n) is 2.88. The van der Waals surface area contributed by atoms with Crippen LogP contribution in [0.1, 0.15) is 47.9 Å². The molecule has 1 aliphatic rings. The lowest BCUT2D eigenvalue weighted by Gasteiger charge is -2.13. The smallest absolute Gasteiger partial charge is 0.00672 e. The number of nitrogens with two attached hydrogens (primary N) is 1. The molecule has 0 amide bonds. The van der Waals surface area contributed by atoms with Gasteiger partial charge in [-0.05, 0) is 75.5 Å². The van der Waals surface area contributed by atoms with Crippen molar-refractivity contribution in [2.24, 2.45) is 11.7 Å². The molecular weight excluding hydrogens is 206 g/mol. The predicted molar refractivity (Wildman–Crippen MR) is 74.3 cm³/mol. The van der Waals surface area contributed by atoms with E-state index in [-0.39, 0.29) is 0 Å². The van der Waals surface area contributed by atoms with E-state index in [2.05, 4.69) is 32.9 Å². The Kier molecular flexibility index (Phi) is 3.88. The SMILES string of the molecule is Cc1cc(C)c(CCCC(N)C2CC2)c(C)c1. The normalized spacial score (nSPS) is 17.2. The largest absolute Gasteiger partial charge is 0.327 e. The lowest BCUT2D eigenvalue weighted by atomic mass is 9.94. The third-order valence-electron chi connectivity index (χ3n) is 4.03. The maximum absolute atomic E-state index is 6.14. The zero-order valence-electron chi connectivity index (χ0n) is 11.4. The van der Waals surface area contributed by atoms with Gasteiger partial charge in [0.15, 0.2) is 0 Å². The van der Waals surface area contributed by atoms with Gasteiger partial charge in [0.1, 0.15) is 0 Å². The summed E-state index contributed by atoms with van der Waals surface area (Å²) in [6.45, 7) is 6.64. The topological polar surface area (TPSA) is 26.0 Å². The fraction of sp³-hybridized carbons (Fsp3) is 0.625. The van der Waals surface area contributed by atoms with Crippen LogP contribution in [0.4, 0.5) is 0 Å². The first-order chi connectivity index (χ1) is 8.08. The van der Waals surface area contributed by atoms with Crippen LogP contribution in [0, 0.1) is 26.7 Å². The van der Waals surface area contributed by atoms with Gasteiger partial charge in [0.05, 0.1) is 0 Å². The van der Waals surface area contributed by atoms with Gasteiger partial charge in [0.25, 0.3) is 0 Å². The summed E-state index contributed by atoms with van der Waals surface area (Å²) >= 11 is 0. The molecule has 17 heavy (non-hydrogen) atoms. The molecule has 94 valence electrons. The zero-order valence-corrected chi connectivity index (χ0v) is 11.4. The van der Waals surface area contributed by atoms with Crippen molar-refractivity contribution in [3.63, 3.8) is 0 Å². The van der Waals surface area contributed by atoms with Gasteiger partial charge in [0, 0.05) is 6.04 Å². The first-order valence-corrected chi connectivity index (χ1v) is 6.90. The molecule has 1 heteroatoms. The van der Waals surface area contributed by atoms with Gasteiger partial charge in [-0.1, -0.05) is 17.7 Å². The number of hydrogen-bond acceptors (Lipinski definition) is 1. The van der Waals surface area contributed by atoms with E-state index >= 15 is 0 Å². The Morgan fingerprint density at radius 2 is 1.76 bits per heavy atom. The first kappa shape index (κ1) is 12.6. The Hall–Kier alpha value is -0.820. The average molecular weight is 231 g/mol. The van der Waals surface area contributed by atoms with Crippen molar-refractivity contribution >= 4 is 0 Å². The molecule has 1 aliphatic carbocycles. The van der Waals surface area contributed by atoms with Gasteiger partial charge in [-0.15, -0.1) is 0 Å². The maximum atomic E-state index is 6.14. The third-order valence-corrected chi connectivity index (χ3v) is 4.03. The minimum Gasteiger partial charge on any atom is -0.327 e. The molecule has 2 N–H and O–H groups in total. The van der Waals surface area contributed by atoms with Crippen LogP contribution in [0.25, 0.3) is 0 Å². The Balaban J connectivity index is 1.89. The first-order valence-electron chi connectivity index (χ1n) is 6.90. The van der Waals surface area contributed by atoms with Crippen molar-refractivity contribution in [1.29, 1.82) is 0 Å². The summed E-state index contributed by atoms with van der Waals surface area (Å²) < 4.78 is 0. The second kappa shape index (κ2) is 5.22. The molecule has 0 bridgehead atoms. The van der Waals surface area contributed by atoms with Crippen molar-refractivity contribution < 1.29 is 0 Å². The highest BCUT2D eigenvalue weighted by atomic mass is 14.7. The molecule has 1 nitrogen and oxygen atoms in total. The van der Waals surface area contributed by atoms with Gasteiger partial charge in [0.2, 0.25) is 0 Å². The lowest BCUT2D eigenvalue weighted by Crippen LogP contribution is -2.22. The summed E-state index contributed by atoms with van der Waals surface area (Å²) in [4.78, 5) is 0. The molecule has 0 radical (unpaired) electrons. The Morgan fingerprint density at radius 3 is 2.29 bits per heavy atom. The van der Waals surface area contributed by atoms with E-state index < -0.39 is 0 Å². The van der Waals surface area contributed by atoms with E-state index in [0.29, 0.717) is 6.04 Å². The van der Waals surface area contributed by atoms with Gasteiger partial charge < -0.3 is 5.73 Å². The number of rotatable bonds is 5. The molecule has 0 spiro atoms. The van der Waals surface area contributed by atoms with Crippen molar-refractivity contribution in [3.8, 4) is 0 Å². The molecule has 1 saturated carbocycles. The minimum atomic E-state index is 0.459. The van der Waals surface area contributed by atoms with Crippen LogP contribution in [-0.4, -0.2) is 6.04 Å².